The second-order valence-corrected chi connectivity index (χ2v) is 7.68. The van der Waals surface area contributed by atoms with E-state index in [9.17, 15) is 0 Å². The number of anilines is 3. The fraction of sp³-hybridized carbons (Fsp3) is 0.278. The number of aryl methyl sites for hydroxylation is 1. The largest absolute Gasteiger partial charge is 0.481 e. The van der Waals surface area contributed by atoms with E-state index in [1.165, 1.54) is 4.88 Å². The molecule has 0 unspecified atom stereocenters. The van der Waals surface area contributed by atoms with E-state index in [2.05, 4.69) is 35.4 Å². The van der Waals surface area contributed by atoms with Crippen molar-refractivity contribution in [2.24, 2.45) is 7.05 Å². The Morgan fingerprint density at radius 1 is 1.28 bits per heavy atom. The summed E-state index contributed by atoms with van der Waals surface area (Å²) >= 11 is 1.60. The van der Waals surface area contributed by atoms with Gasteiger partial charge in [-0.1, -0.05) is 0 Å². The Kier molecular flexibility index (Phi) is 4.35. The fourth-order valence-electron chi connectivity index (χ4n) is 3.32. The Morgan fingerprint density at radius 2 is 2.21 bits per heavy atom. The maximum atomic E-state index is 5.16. The standard InChI is InChI=1S/C18H19N9OS/c1-26-8-6-19-13(26)10-27-7-4-12-15(11-9-21-25-16(11)27)23-18(29-12)24-17-20-5-3-14(22-17)28-2/h3,5-6,8-9H,4,7,10H2,1-2H3,(H,21,25)(H,20,22,23,24). The SMILES string of the molecule is COc1ccnc(Nc2nc3c(s2)CCN(Cc2nccn2C)c2[nH]ncc2-3)n1. The zero-order chi connectivity index (χ0) is 19.8. The third-order valence-corrected chi connectivity index (χ3v) is 5.84. The number of rotatable bonds is 5. The van der Waals surface area contributed by atoms with E-state index in [1.54, 1.807) is 30.7 Å². The molecule has 0 saturated carbocycles. The molecule has 1 aliphatic rings. The second-order valence-electron chi connectivity index (χ2n) is 6.60. The zero-order valence-corrected chi connectivity index (χ0v) is 16.8. The summed E-state index contributed by atoms with van der Waals surface area (Å²) in [6.45, 7) is 1.54. The van der Waals surface area contributed by atoms with Crippen LogP contribution < -0.4 is 15.0 Å². The van der Waals surface area contributed by atoms with Crippen LogP contribution in [0.4, 0.5) is 16.9 Å². The highest BCUT2D eigenvalue weighted by molar-refractivity contribution is 7.16. The molecule has 5 heterocycles. The molecule has 4 aromatic heterocycles. The summed E-state index contributed by atoms with van der Waals surface area (Å²) in [5, 5.41) is 11.3. The number of H-pyrrole nitrogens is 1. The number of nitrogens with zero attached hydrogens (tertiary/aromatic N) is 7. The molecule has 4 aromatic rings. The van der Waals surface area contributed by atoms with Gasteiger partial charge >= 0.3 is 0 Å². The van der Waals surface area contributed by atoms with E-state index >= 15 is 0 Å². The van der Waals surface area contributed by atoms with Crippen molar-refractivity contribution >= 4 is 28.2 Å². The van der Waals surface area contributed by atoms with Gasteiger partial charge in [0.15, 0.2) is 5.13 Å². The van der Waals surface area contributed by atoms with E-state index in [0.717, 1.165) is 41.0 Å². The maximum Gasteiger partial charge on any atom is 0.232 e. The molecule has 0 atom stereocenters. The summed E-state index contributed by atoms with van der Waals surface area (Å²) in [4.78, 5) is 21.2. The van der Waals surface area contributed by atoms with Gasteiger partial charge in [-0.3, -0.25) is 10.4 Å². The lowest BCUT2D eigenvalue weighted by molar-refractivity contribution is 0.397. The van der Waals surface area contributed by atoms with Crippen LogP contribution in [-0.4, -0.2) is 48.4 Å². The van der Waals surface area contributed by atoms with Crippen LogP contribution in [0.1, 0.15) is 10.7 Å². The monoisotopic (exact) mass is 409 g/mol. The number of aromatic nitrogens is 7. The molecule has 5 rings (SSSR count). The van der Waals surface area contributed by atoms with E-state index in [-0.39, 0.29) is 0 Å². The minimum absolute atomic E-state index is 0.456. The fourth-order valence-corrected chi connectivity index (χ4v) is 4.27. The molecule has 148 valence electrons. The number of hydrogen-bond acceptors (Lipinski definition) is 9. The first-order valence-electron chi connectivity index (χ1n) is 9.10. The van der Waals surface area contributed by atoms with Crippen molar-refractivity contribution < 1.29 is 4.74 Å². The number of imidazole rings is 1. The van der Waals surface area contributed by atoms with Gasteiger partial charge < -0.3 is 14.2 Å². The molecule has 0 fully saturated rings. The highest BCUT2D eigenvalue weighted by Crippen LogP contribution is 2.39. The first kappa shape index (κ1) is 17.6. The number of fused-ring (bicyclic) bond motifs is 3. The lowest BCUT2D eigenvalue weighted by Crippen LogP contribution is -2.26. The quantitative estimate of drug-likeness (QED) is 0.517. The van der Waals surface area contributed by atoms with Crippen molar-refractivity contribution in [3.8, 4) is 17.1 Å². The van der Waals surface area contributed by atoms with Crippen molar-refractivity contribution in [3.63, 3.8) is 0 Å². The molecule has 0 amide bonds. The predicted molar refractivity (Wildman–Crippen MR) is 110 cm³/mol. The van der Waals surface area contributed by atoms with Crippen LogP contribution in [0, 0.1) is 0 Å². The number of ether oxygens (including phenoxy) is 1. The minimum Gasteiger partial charge on any atom is -0.481 e. The third-order valence-electron chi connectivity index (χ3n) is 4.81. The number of aromatic amines is 1. The summed E-state index contributed by atoms with van der Waals surface area (Å²) in [6, 6.07) is 1.70. The lowest BCUT2D eigenvalue weighted by atomic mass is 10.2. The predicted octanol–water partition coefficient (Wildman–Crippen LogP) is 2.37. The second kappa shape index (κ2) is 7.17. The summed E-state index contributed by atoms with van der Waals surface area (Å²) < 4.78 is 7.19. The summed E-state index contributed by atoms with van der Waals surface area (Å²) in [5.41, 5.74) is 1.93. The Balaban J connectivity index is 1.44. The minimum atomic E-state index is 0.456. The Labute approximate surface area is 170 Å². The van der Waals surface area contributed by atoms with Gasteiger partial charge in [-0.05, 0) is 0 Å². The average molecular weight is 409 g/mol. The molecule has 29 heavy (non-hydrogen) atoms. The van der Waals surface area contributed by atoms with Crippen LogP contribution >= 0.6 is 11.3 Å². The highest BCUT2D eigenvalue weighted by Gasteiger charge is 2.26. The Morgan fingerprint density at radius 3 is 3.03 bits per heavy atom. The molecule has 2 N–H and O–H groups in total. The van der Waals surface area contributed by atoms with Gasteiger partial charge in [0.1, 0.15) is 11.6 Å². The number of thiazole rings is 1. The number of nitrogens with one attached hydrogen (secondary N) is 2. The lowest BCUT2D eigenvalue weighted by Gasteiger charge is -2.21. The van der Waals surface area contributed by atoms with Crippen LogP contribution in [-0.2, 0) is 20.0 Å². The molecule has 0 aromatic carbocycles. The first-order valence-corrected chi connectivity index (χ1v) is 9.91. The molecule has 0 bridgehead atoms. The van der Waals surface area contributed by atoms with E-state index < -0.39 is 0 Å². The van der Waals surface area contributed by atoms with Gasteiger partial charge in [-0.2, -0.15) is 10.1 Å². The third kappa shape index (κ3) is 3.29. The molecular weight excluding hydrogens is 390 g/mol. The molecule has 1 aliphatic heterocycles. The van der Waals surface area contributed by atoms with Crippen LogP contribution in [0.5, 0.6) is 5.88 Å². The average Bonchev–Trinajstić information content (AvgIpc) is 3.44. The molecule has 0 radical (unpaired) electrons. The van der Waals surface area contributed by atoms with Crippen molar-refractivity contribution in [2.45, 2.75) is 13.0 Å². The van der Waals surface area contributed by atoms with E-state index in [4.69, 9.17) is 9.72 Å². The Bertz CT molecular complexity index is 1150. The zero-order valence-electron chi connectivity index (χ0n) is 16.0. The summed E-state index contributed by atoms with van der Waals surface area (Å²) in [7, 11) is 3.58. The normalized spacial score (nSPS) is 13.0. The molecule has 0 spiro atoms. The van der Waals surface area contributed by atoms with Crippen LogP contribution in [0.25, 0.3) is 11.3 Å². The van der Waals surface area contributed by atoms with Crippen molar-refractivity contribution in [3.05, 3.63) is 41.6 Å². The van der Waals surface area contributed by atoms with Gasteiger partial charge in [-0.15, -0.1) is 11.3 Å². The summed E-state index contributed by atoms with van der Waals surface area (Å²) in [6.07, 6.45) is 8.13. The highest BCUT2D eigenvalue weighted by atomic mass is 32.1. The topological polar surface area (TPSA) is 110 Å². The molecule has 10 nitrogen and oxygen atoms in total. The van der Waals surface area contributed by atoms with Crippen molar-refractivity contribution in [1.82, 2.24) is 34.7 Å². The van der Waals surface area contributed by atoms with Crippen LogP contribution in [0.3, 0.4) is 0 Å². The van der Waals surface area contributed by atoms with E-state index in [1.807, 2.05) is 30.2 Å². The van der Waals surface area contributed by atoms with Gasteiger partial charge in [0, 0.05) is 49.5 Å². The van der Waals surface area contributed by atoms with Crippen molar-refractivity contribution in [1.29, 1.82) is 0 Å². The van der Waals surface area contributed by atoms with Gasteiger partial charge in [0.05, 0.1) is 31.1 Å². The summed E-state index contributed by atoms with van der Waals surface area (Å²) in [5.74, 6) is 2.92. The molecule has 0 aliphatic carbocycles. The molecular formula is C18H19N9OS. The Hall–Kier alpha value is -3.47. The van der Waals surface area contributed by atoms with Crippen LogP contribution in [0.2, 0.25) is 0 Å². The number of hydrogen-bond donors (Lipinski definition) is 2. The van der Waals surface area contributed by atoms with Gasteiger partial charge in [-0.25, -0.2) is 15.0 Å². The van der Waals surface area contributed by atoms with Gasteiger partial charge in [0.25, 0.3) is 0 Å². The maximum absolute atomic E-state index is 5.16. The first-order chi connectivity index (χ1) is 14.2. The van der Waals surface area contributed by atoms with Crippen molar-refractivity contribution in [2.75, 3.05) is 23.9 Å². The van der Waals surface area contributed by atoms with Crippen LogP contribution in [0.15, 0.2) is 30.9 Å². The van der Waals surface area contributed by atoms with Gasteiger partial charge in [0.2, 0.25) is 11.8 Å². The molecule has 0 saturated heterocycles. The number of methoxy groups -OCH3 is 1. The smallest absolute Gasteiger partial charge is 0.232 e. The van der Waals surface area contributed by atoms with E-state index in [0.29, 0.717) is 18.4 Å². The molecule has 11 heteroatoms.